The summed E-state index contributed by atoms with van der Waals surface area (Å²) in [4.78, 5) is 14.8. The molecule has 0 bridgehead atoms. The maximum atomic E-state index is 12.4. The molecule has 106 valence electrons. The molecule has 4 nitrogen and oxygen atoms in total. The van der Waals surface area contributed by atoms with E-state index in [9.17, 15) is 9.90 Å². The Morgan fingerprint density at radius 2 is 2.16 bits per heavy atom. The molecule has 0 fully saturated rings. The molecule has 1 aromatic heterocycles. The molecule has 0 saturated heterocycles. The Hall–Kier alpha value is -1.13. The lowest BCUT2D eigenvalue weighted by Crippen LogP contribution is -2.37. The minimum absolute atomic E-state index is 0.0134. The summed E-state index contributed by atoms with van der Waals surface area (Å²) in [6.07, 6.45) is 1.85. The van der Waals surface area contributed by atoms with Gasteiger partial charge in [-0.15, -0.1) is 0 Å². The molecule has 0 saturated carbocycles. The third kappa shape index (κ3) is 2.60. The maximum absolute atomic E-state index is 12.4. The number of aromatic nitrogens is 1. The van der Waals surface area contributed by atoms with Crippen LogP contribution in [0.4, 0.5) is 0 Å². The molecule has 1 aliphatic heterocycles. The van der Waals surface area contributed by atoms with Crippen molar-refractivity contribution in [3.05, 3.63) is 33.2 Å². The van der Waals surface area contributed by atoms with Crippen molar-refractivity contribution in [3.8, 4) is 0 Å². The highest BCUT2D eigenvalue weighted by Gasteiger charge is 2.22. The number of rotatable bonds is 4. The van der Waals surface area contributed by atoms with Gasteiger partial charge in [-0.1, -0.05) is 13.8 Å². The molecular weight excluding hydrogens is 240 g/mol. The molecule has 0 aromatic carbocycles. The highest BCUT2D eigenvalue weighted by atomic mass is 16.3. The number of fused-ring (bicyclic) bond motifs is 1. The number of aliphatic hydroxyl groups excluding tert-OH is 1. The van der Waals surface area contributed by atoms with E-state index in [0.717, 1.165) is 32.5 Å². The largest absolute Gasteiger partial charge is 0.391 e. The minimum atomic E-state index is -0.172. The number of likely N-dealkylation sites (N-methyl/N-ethyl adjacent to an activating group) is 1. The normalized spacial score (nSPS) is 17.3. The van der Waals surface area contributed by atoms with Gasteiger partial charge in [-0.05, 0) is 31.5 Å². The summed E-state index contributed by atoms with van der Waals surface area (Å²) in [5.74, 6) is 0. The van der Waals surface area contributed by atoms with Gasteiger partial charge in [0.2, 0.25) is 0 Å². The van der Waals surface area contributed by atoms with E-state index in [-0.39, 0.29) is 18.2 Å². The van der Waals surface area contributed by atoms with E-state index < -0.39 is 0 Å². The molecule has 1 aliphatic rings. The summed E-state index contributed by atoms with van der Waals surface area (Å²) in [6.45, 7) is 9.08. The van der Waals surface area contributed by atoms with Gasteiger partial charge in [-0.3, -0.25) is 9.69 Å². The first-order chi connectivity index (χ1) is 9.12. The van der Waals surface area contributed by atoms with E-state index >= 15 is 0 Å². The first kappa shape index (κ1) is 14.3. The summed E-state index contributed by atoms with van der Waals surface area (Å²) in [5.41, 5.74) is 2.89. The van der Waals surface area contributed by atoms with Crippen molar-refractivity contribution in [1.29, 1.82) is 0 Å². The topological polar surface area (TPSA) is 45.5 Å². The SMILES string of the molecule is CCC(C)n1c2c(cc(CO)c1=O)CN(CC)CC2. The van der Waals surface area contributed by atoms with Crippen LogP contribution in [0.3, 0.4) is 0 Å². The average molecular weight is 264 g/mol. The van der Waals surface area contributed by atoms with E-state index in [1.165, 1.54) is 11.3 Å². The van der Waals surface area contributed by atoms with E-state index in [4.69, 9.17) is 0 Å². The number of pyridine rings is 1. The summed E-state index contributed by atoms with van der Waals surface area (Å²) >= 11 is 0. The fraction of sp³-hybridized carbons (Fsp3) is 0.667. The highest BCUT2D eigenvalue weighted by Crippen LogP contribution is 2.22. The van der Waals surface area contributed by atoms with Crippen molar-refractivity contribution in [2.24, 2.45) is 0 Å². The number of nitrogens with zero attached hydrogens (tertiary/aromatic N) is 2. The second-order valence-electron chi connectivity index (χ2n) is 5.35. The number of aliphatic hydroxyl groups is 1. The van der Waals surface area contributed by atoms with Crippen molar-refractivity contribution in [1.82, 2.24) is 9.47 Å². The smallest absolute Gasteiger partial charge is 0.256 e. The monoisotopic (exact) mass is 264 g/mol. The van der Waals surface area contributed by atoms with Crippen molar-refractivity contribution < 1.29 is 5.11 Å². The Morgan fingerprint density at radius 3 is 2.74 bits per heavy atom. The lowest BCUT2D eigenvalue weighted by molar-refractivity contribution is 0.254. The fourth-order valence-corrected chi connectivity index (χ4v) is 2.82. The van der Waals surface area contributed by atoms with Crippen LogP contribution in [0.5, 0.6) is 0 Å². The van der Waals surface area contributed by atoms with Gasteiger partial charge in [0.15, 0.2) is 0 Å². The Balaban J connectivity index is 2.56. The average Bonchev–Trinajstić information content (AvgIpc) is 2.45. The predicted molar refractivity (Wildman–Crippen MR) is 76.3 cm³/mol. The molecular formula is C15H24N2O2. The van der Waals surface area contributed by atoms with Gasteiger partial charge in [0.05, 0.1) is 6.61 Å². The van der Waals surface area contributed by atoms with Crippen molar-refractivity contribution in [2.45, 2.75) is 52.8 Å². The van der Waals surface area contributed by atoms with E-state index in [0.29, 0.717) is 5.56 Å². The zero-order chi connectivity index (χ0) is 14.0. The molecule has 2 heterocycles. The van der Waals surface area contributed by atoms with Crippen LogP contribution in [0.15, 0.2) is 10.9 Å². The predicted octanol–water partition coefficient (Wildman–Crippen LogP) is 1.69. The Labute approximate surface area is 114 Å². The fourth-order valence-electron chi connectivity index (χ4n) is 2.82. The van der Waals surface area contributed by atoms with Gasteiger partial charge in [-0.2, -0.15) is 0 Å². The van der Waals surface area contributed by atoms with Crippen LogP contribution in [0.2, 0.25) is 0 Å². The second-order valence-corrected chi connectivity index (χ2v) is 5.35. The first-order valence-electron chi connectivity index (χ1n) is 7.21. The molecule has 1 aromatic rings. The van der Waals surface area contributed by atoms with E-state index in [2.05, 4.69) is 25.7 Å². The molecule has 1 atom stereocenters. The van der Waals surface area contributed by atoms with Gasteiger partial charge >= 0.3 is 0 Å². The van der Waals surface area contributed by atoms with Crippen molar-refractivity contribution >= 4 is 0 Å². The molecule has 0 amide bonds. The van der Waals surface area contributed by atoms with E-state index in [1.54, 1.807) is 0 Å². The molecule has 1 N–H and O–H groups in total. The van der Waals surface area contributed by atoms with Gasteiger partial charge < -0.3 is 9.67 Å². The van der Waals surface area contributed by atoms with E-state index in [1.807, 2.05) is 10.6 Å². The maximum Gasteiger partial charge on any atom is 0.256 e. The molecule has 2 rings (SSSR count). The second kappa shape index (κ2) is 5.88. The van der Waals surface area contributed by atoms with Crippen molar-refractivity contribution in [2.75, 3.05) is 13.1 Å². The van der Waals surface area contributed by atoms with Crippen LogP contribution in [0.25, 0.3) is 0 Å². The molecule has 0 spiro atoms. The molecule has 0 aliphatic carbocycles. The highest BCUT2D eigenvalue weighted by molar-refractivity contribution is 5.29. The first-order valence-corrected chi connectivity index (χ1v) is 7.21. The molecule has 0 radical (unpaired) electrons. The Bertz CT molecular complexity index is 508. The Kier molecular flexibility index (Phi) is 4.42. The molecule has 4 heteroatoms. The zero-order valence-corrected chi connectivity index (χ0v) is 12.1. The van der Waals surface area contributed by atoms with Crippen LogP contribution >= 0.6 is 0 Å². The van der Waals surface area contributed by atoms with Crippen molar-refractivity contribution in [3.63, 3.8) is 0 Å². The van der Waals surface area contributed by atoms with Crippen LogP contribution in [-0.4, -0.2) is 27.7 Å². The number of hydrogen-bond donors (Lipinski definition) is 1. The van der Waals surface area contributed by atoms with Crippen LogP contribution in [0.1, 0.15) is 50.1 Å². The minimum Gasteiger partial charge on any atom is -0.391 e. The van der Waals surface area contributed by atoms with Crippen LogP contribution in [0, 0.1) is 0 Å². The third-order valence-electron chi connectivity index (χ3n) is 4.21. The summed E-state index contributed by atoms with van der Waals surface area (Å²) < 4.78 is 1.91. The van der Waals surface area contributed by atoms with Crippen LogP contribution < -0.4 is 5.56 Å². The summed E-state index contributed by atoms with van der Waals surface area (Å²) in [6, 6.07) is 2.10. The quantitative estimate of drug-likeness (QED) is 0.900. The zero-order valence-electron chi connectivity index (χ0n) is 12.1. The lowest BCUT2D eigenvalue weighted by atomic mass is 10.0. The van der Waals surface area contributed by atoms with Gasteiger partial charge in [0.25, 0.3) is 5.56 Å². The summed E-state index contributed by atoms with van der Waals surface area (Å²) in [5, 5.41) is 9.40. The standard InChI is InChI=1S/C15H24N2O2/c1-4-11(3)17-14-6-7-16(5-2)9-12(14)8-13(10-18)15(17)19/h8,11,18H,4-7,9-10H2,1-3H3. The van der Waals surface area contributed by atoms with Crippen LogP contribution in [-0.2, 0) is 19.6 Å². The lowest BCUT2D eigenvalue weighted by Gasteiger charge is -2.31. The molecule has 1 unspecified atom stereocenters. The third-order valence-corrected chi connectivity index (χ3v) is 4.21. The van der Waals surface area contributed by atoms with Gasteiger partial charge in [0.1, 0.15) is 0 Å². The summed E-state index contributed by atoms with van der Waals surface area (Å²) in [7, 11) is 0. The molecule has 19 heavy (non-hydrogen) atoms. The van der Waals surface area contributed by atoms with Gasteiger partial charge in [-0.25, -0.2) is 0 Å². The Morgan fingerprint density at radius 1 is 1.42 bits per heavy atom. The van der Waals surface area contributed by atoms with Gasteiger partial charge in [0, 0.05) is 36.8 Å². The number of hydrogen-bond acceptors (Lipinski definition) is 3.